The fraction of sp³-hybridized carbons (Fsp3) is 0.333. The number of carbonyl (C=O) groups is 4. The van der Waals surface area contributed by atoms with Gasteiger partial charge in [0.2, 0.25) is 17.6 Å². The van der Waals surface area contributed by atoms with Gasteiger partial charge in [-0.25, -0.2) is 26.9 Å². The van der Waals surface area contributed by atoms with Crippen LogP contribution in [0.4, 0.5) is 27.6 Å². The molecular formula is C30H19Cl2F5N2O6. The standard InChI is InChI=1S/C30H19Cl2F5N2O6/c1-38-25(41)14-4-3-13-15(17(14)26(38)42)8-29(31)27(43)39(24-22(36)20(34)19(33)21(35)23(24)37)28(44)30(29,32)18(13)11-6-10-7-12(40)2-5-16(10)45-9-11/h2-3,5,7,9,14-15,17-18,40H,4,6,8H2,1H3/t14-,15+,17-,18-,29+,30-/m0/s1. The Bertz CT molecular complexity index is 1840. The van der Waals surface area contributed by atoms with Crippen molar-refractivity contribution in [3.05, 3.63) is 76.3 Å². The molecule has 0 radical (unpaired) electrons. The normalized spacial score (nSPS) is 32.1. The number of imide groups is 2. The lowest BCUT2D eigenvalue weighted by atomic mass is 9.56. The first kappa shape index (κ1) is 29.7. The van der Waals surface area contributed by atoms with E-state index in [9.17, 15) is 37.5 Å². The van der Waals surface area contributed by atoms with Crippen LogP contribution in [0.15, 0.2) is 41.7 Å². The summed E-state index contributed by atoms with van der Waals surface area (Å²) in [6.45, 7) is 0. The Morgan fingerprint density at radius 3 is 2.22 bits per heavy atom. The van der Waals surface area contributed by atoms with Gasteiger partial charge in [-0.3, -0.25) is 24.1 Å². The second kappa shape index (κ2) is 9.52. The quantitative estimate of drug-likeness (QED) is 0.125. The van der Waals surface area contributed by atoms with Crippen molar-refractivity contribution in [2.75, 3.05) is 11.9 Å². The molecule has 15 heteroatoms. The molecule has 0 unspecified atom stereocenters. The first-order valence-corrected chi connectivity index (χ1v) is 14.4. The predicted octanol–water partition coefficient (Wildman–Crippen LogP) is 4.63. The smallest absolute Gasteiger partial charge is 0.258 e. The molecule has 1 saturated carbocycles. The van der Waals surface area contributed by atoms with E-state index in [4.69, 9.17) is 27.9 Å². The van der Waals surface area contributed by atoms with Crippen LogP contribution in [-0.2, 0) is 25.6 Å². The number of hydrogen-bond donors (Lipinski definition) is 1. The van der Waals surface area contributed by atoms with Gasteiger partial charge in [-0.2, -0.15) is 0 Å². The van der Waals surface area contributed by atoms with Gasteiger partial charge in [0, 0.05) is 24.9 Å². The highest BCUT2D eigenvalue weighted by molar-refractivity contribution is 6.58. The molecule has 3 heterocycles. The van der Waals surface area contributed by atoms with E-state index in [2.05, 4.69) is 0 Å². The van der Waals surface area contributed by atoms with E-state index >= 15 is 8.78 Å². The van der Waals surface area contributed by atoms with Crippen LogP contribution < -0.4 is 9.64 Å². The van der Waals surface area contributed by atoms with Gasteiger partial charge in [0.05, 0.1) is 18.1 Å². The molecule has 2 aromatic carbocycles. The predicted molar refractivity (Wildman–Crippen MR) is 145 cm³/mol. The number of carbonyl (C=O) groups excluding carboxylic acids is 4. The van der Waals surface area contributed by atoms with Crippen LogP contribution in [0.5, 0.6) is 11.5 Å². The molecule has 0 spiro atoms. The summed E-state index contributed by atoms with van der Waals surface area (Å²) in [5, 5.41) is 10.1. The molecule has 8 nitrogen and oxygen atoms in total. The summed E-state index contributed by atoms with van der Waals surface area (Å²) in [7, 11) is 1.29. The molecule has 6 atom stereocenters. The van der Waals surface area contributed by atoms with Crippen molar-refractivity contribution in [2.24, 2.45) is 23.7 Å². The Morgan fingerprint density at radius 2 is 1.56 bits per heavy atom. The van der Waals surface area contributed by atoms with Crippen molar-refractivity contribution in [1.29, 1.82) is 0 Å². The van der Waals surface area contributed by atoms with Crippen LogP contribution in [-0.4, -0.2) is 50.4 Å². The van der Waals surface area contributed by atoms with Crippen molar-refractivity contribution in [3.8, 4) is 11.5 Å². The summed E-state index contributed by atoms with van der Waals surface area (Å²) in [5.74, 6) is -20.5. The number of phenols is 1. The van der Waals surface area contributed by atoms with Gasteiger partial charge in [-0.1, -0.05) is 11.6 Å². The van der Waals surface area contributed by atoms with Crippen molar-refractivity contribution in [1.82, 2.24) is 4.90 Å². The molecule has 0 bridgehead atoms. The number of allylic oxidation sites excluding steroid dienone is 3. The summed E-state index contributed by atoms with van der Waals surface area (Å²) in [6.07, 6.45) is 2.23. The third-order valence-electron chi connectivity index (χ3n) is 9.59. The van der Waals surface area contributed by atoms with E-state index in [0.29, 0.717) is 16.9 Å². The zero-order valence-electron chi connectivity index (χ0n) is 22.8. The third-order valence-corrected chi connectivity index (χ3v) is 11.0. The Kier molecular flexibility index (Phi) is 6.29. The van der Waals surface area contributed by atoms with Gasteiger partial charge in [-0.15, -0.1) is 23.2 Å². The van der Waals surface area contributed by atoms with Crippen molar-refractivity contribution in [2.45, 2.75) is 29.0 Å². The minimum absolute atomic E-state index is 0.0408. The van der Waals surface area contributed by atoms with E-state index in [-0.39, 0.29) is 29.1 Å². The molecule has 45 heavy (non-hydrogen) atoms. The molecule has 0 aromatic heterocycles. The Labute approximate surface area is 260 Å². The number of fused-ring (bicyclic) bond motifs is 5. The maximum absolute atomic E-state index is 15.1. The van der Waals surface area contributed by atoms with Gasteiger partial charge in [-0.05, 0) is 42.5 Å². The number of aromatic hydroxyl groups is 1. The summed E-state index contributed by atoms with van der Waals surface area (Å²) in [5.41, 5.74) is -0.907. The van der Waals surface area contributed by atoms with E-state index < -0.39 is 98.2 Å². The van der Waals surface area contributed by atoms with E-state index in [0.717, 1.165) is 4.90 Å². The molecule has 3 fully saturated rings. The van der Waals surface area contributed by atoms with Crippen LogP contribution in [0, 0.1) is 52.8 Å². The number of halogens is 7. The summed E-state index contributed by atoms with van der Waals surface area (Å²) in [6, 6.07) is 4.22. The largest absolute Gasteiger partial charge is 0.508 e. The number of alkyl halides is 2. The number of likely N-dealkylation sites (tertiary alicyclic amines) is 1. The zero-order chi connectivity index (χ0) is 32.5. The first-order chi connectivity index (χ1) is 21.1. The topological polar surface area (TPSA) is 104 Å². The number of anilines is 1. The molecule has 1 N–H and O–H groups in total. The molecule has 234 valence electrons. The summed E-state index contributed by atoms with van der Waals surface area (Å²) in [4.78, 5) is 50.1. The number of rotatable bonds is 2. The Hall–Kier alpha value is -3.97. The summed E-state index contributed by atoms with van der Waals surface area (Å²) < 4.78 is 78.5. The Morgan fingerprint density at radius 1 is 0.911 bits per heavy atom. The number of ether oxygens (including phenoxy) is 1. The fourth-order valence-corrected chi connectivity index (χ4v) is 8.48. The fourth-order valence-electron chi connectivity index (χ4n) is 7.54. The second-order valence-corrected chi connectivity index (χ2v) is 12.9. The minimum Gasteiger partial charge on any atom is -0.508 e. The molecule has 4 amide bonds. The van der Waals surface area contributed by atoms with E-state index in [1.165, 1.54) is 31.5 Å². The lowest BCUT2D eigenvalue weighted by Gasteiger charge is -2.51. The highest BCUT2D eigenvalue weighted by Gasteiger charge is 2.77. The molecule has 2 aliphatic carbocycles. The van der Waals surface area contributed by atoms with Crippen molar-refractivity contribution < 1.29 is 51.0 Å². The molecule has 5 aliphatic rings. The SMILES string of the molecule is CN1C(=O)[C@H]2[C@H](CC=C3[C@H](C4=COc5ccc(O)cc5C4)[C@]4(Cl)C(=O)N(c5c(F)c(F)c(F)c(F)c5F)C(=O)[C@]4(Cl)C[C@H]32)C1=O. The molecule has 3 aliphatic heterocycles. The van der Waals surface area contributed by atoms with Gasteiger partial charge in [0.15, 0.2) is 33.0 Å². The van der Waals surface area contributed by atoms with Crippen LogP contribution in [0.3, 0.4) is 0 Å². The average Bonchev–Trinajstić information content (AvgIpc) is 3.32. The zero-order valence-corrected chi connectivity index (χ0v) is 24.4. The second-order valence-electron chi connectivity index (χ2n) is 11.7. The van der Waals surface area contributed by atoms with Crippen LogP contribution in [0.2, 0.25) is 0 Å². The van der Waals surface area contributed by atoms with Gasteiger partial charge in [0.25, 0.3) is 11.8 Å². The number of phenolic OH excluding ortho intramolecular Hbond substituents is 1. The van der Waals surface area contributed by atoms with Crippen molar-refractivity contribution in [3.63, 3.8) is 0 Å². The third kappa shape index (κ3) is 3.59. The molecule has 2 aromatic rings. The van der Waals surface area contributed by atoms with Crippen LogP contribution in [0.25, 0.3) is 0 Å². The highest BCUT2D eigenvalue weighted by atomic mass is 35.5. The van der Waals surface area contributed by atoms with Gasteiger partial charge >= 0.3 is 0 Å². The van der Waals surface area contributed by atoms with Crippen LogP contribution in [0.1, 0.15) is 18.4 Å². The van der Waals surface area contributed by atoms with Gasteiger partial charge in [0.1, 0.15) is 17.2 Å². The minimum atomic E-state index is -2.64. The lowest BCUT2D eigenvalue weighted by Crippen LogP contribution is -2.61. The number of benzene rings is 2. The maximum Gasteiger partial charge on any atom is 0.258 e. The highest BCUT2D eigenvalue weighted by Crippen LogP contribution is 2.65. The van der Waals surface area contributed by atoms with E-state index in [1.54, 1.807) is 6.08 Å². The molecular weight excluding hydrogens is 650 g/mol. The number of amides is 4. The lowest BCUT2D eigenvalue weighted by molar-refractivity contribution is -0.138. The Balaban J connectivity index is 1.45. The average molecular weight is 669 g/mol. The summed E-state index contributed by atoms with van der Waals surface area (Å²) >= 11 is 14.1. The van der Waals surface area contributed by atoms with Crippen LogP contribution >= 0.6 is 23.2 Å². The number of hydrogen-bond acceptors (Lipinski definition) is 6. The van der Waals surface area contributed by atoms with E-state index in [1.807, 2.05) is 0 Å². The number of nitrogens with zero attached hydrogens (tertiary/aromatic N) is 2. The first-order valence-electron chi connectivity index (χ1n) is 13.6. The van der Waals surface area contributed by atoms with Gasteiger partial charge < -0.3 is 9.84 Å². The van der Waals surface area contributed by atoms with Crippen molar-refractivity contribution >= 4 is 52.5 Å². The molecule has 2 saturated heterocycles. The monoisotopic (exact) mass is 668 g/mol. The maximum atomic E-state index is 15.1. The molecule has 7 rings (SSSR count).